The molecule has 0 amide bonds. The number of benzene rings is 1. The summed E-state index contributed by atoms with van der Waals surface area (Å²) in [6.45, 7) is 6.35. The van der Waals surface area contributed by atoms with E-state index in [9.17, 15) is 0 Å². The van der Waals surface area contributed by atoms with Gasteiger partial charge in [0, 0.05) is 12.6 Å². The Morgan fingerprint density at radius 1 is 1.00 bits per heavy atom. The lowest BCUT2D eigenvalue weighted by atomic mass is 9.91. The molecule has 0 bridgehead atoms. The molecule has 3 atom stereocenters. The highest BCUT2D eigenvalue weighted by atomic mass is 16.5. The first-order chi connectivity index (χ1) is 11.8. The summed E-state index contributed by atoms with van der Waals surface area (Å²) in [5.41, 5.74) is 8.13. The number of hydrogen-bond donors (Lipinski definition) is 3. The Morgan fingerprint density at radius 2 is 1.71 bits per heavy atom. The number of unbranched alkanes of at least 4 members (excludes halogenated alkanes) is 5. The molecule has 4 heteroatoms. The minimum Gasteiger partial charge on any atom is -0.494 e. The summed E-state index contributed by atoms with van der Waals surface area (Å²) in [6, 6.07) is 9.40. The first-order valence-corrected chi connectivity index (χ1v) is 9.64. The molecule has 1 heterocycles. The largest absolute Gasteiger partial charge is 0.494 e. The van der Waals surface area contributed by atoms with Crippen LogP contribution in [0.15, 0.2) is 24.3 Å². The Morgan fingerprint density at radius 3 is 2.42 bits per heavy atom. The Bertz CT molecular complexity index is 449. The van der Waals surface area contributed by atoms with Gasteiger partial charge in [-0.05, 0) is 37.1 Å². The Balaban J connectivity index is 1.71. The minimum atomic E-state index is 0.357. The molecule has 2 rings (SSSR count). The first kappa shape index (κ1) is 19.2. The van der Waals surface area contributed by atoms with Gasteiger partial charge in [0.05, 0.1) is 12.6 Å². The van der Waals surface area contributed by atoms with Crippen molar-refractivity contribution in [1.29, 1.82) is 0 Å². The lowest BCUT2D eigenvalue weighted by molar-refractivity contribution is 0.304. The van der Waals surface area contributed by atoms with Gasteiger partial charge in [-0.1, -0.05) is 58.1 Å². The number of likely N-dealkylation sites (N-methyl/N-ethyl adjacent to an activating group) is 1. The summed E-state index contributed by atoms with van der Waals surface area (Å²) < 4.78 is 5.87. The predicted octanol–water partition coefficient (Wildman–Crippen LogP) is 3.80. The van der Waals surface area contributed by atoms with E-state index in [1.165, 1.54) is 37.7 Å². The van der Waals surface area contributed by atoms with Crippen molar-refractivity contribution in [3.05, 3.63) is 29.8 Å². The lowest BCUT2D eigenvalue weighted by Gasteiger charge is -2.19. The molecule has 1 aromatic carbocycles. The summed E-state index contributed by atoms with van der Waals surface area (Å²) in [7, 11) is 2.00. The van der Waals surface area contributed by atoms with Crippen LogP contribution in [0.3, 0.4) is 0 Å². The molecule has 1 fully saturated rings. The second kappa shape index (κ2) is 10.7. The highest BCUT2D eigenvalue weighted by molar-refractivity contribution is 5.30. The first-order valence-electron chi connectivity index (χ1n) is 9.64. The number of nitrogens with one attached hydrogen (secondary N) is 3. The number of hydrazine groups is 1. The third kappa shape index (κ3) is 5.76. The molecular formula is C20H35N3O. The van der Waals surface area contributed by atoms with Crippen molar-refractivity contribution >= 4 is 0 Å². The van der Waals surface area contributed by atoms with Gasteiger partial charge in [0.25, 0.3) is 0 Å². The second-order valence-corrected chi connectivity index (χ2v) is 6.97. The van der Waals surface area contributed by atoms with E-state index in [4.69, 9.17) is 4.74 Å². The van der Waals surface area contributed by atoms with Crippen molar-refractivity contribution in [3.63, 3.8) is 0 Å². The highest BCUT2D eigenvalue weighted by Crippen LogP contribution is 2.29. The smallest absolute Gasteiger partial charge is 0.119 e. The summed E-state index contributed by atoms with van der Waals surface area (Å²) in [4.78, 5) is 0. The zero-order valence-corrected chi connectivity index (χ0v) is 15.6. The van der Waals surface area contributed by atoms with E-state index in [0.717, 1.165) is 25.3 Å². The molecule has 1 saturated heterocycles. The van der Waals surface area contributed by atoms with Crippen LogP contribution in [0.5, 0.6) is 5.75 Å². The predicted molar refractivity (Wildman–Crippen MR) is 101 cm³/mol. The fourth-order valence-electron chi connectivity index (χ4n) is 3.38. The topological polar surface area (TPSA) is 45.3 Å². The van der Waals surface area contributed by atoms with Crippen LogP contribution in [0, 0.1) is 5.92 Å². The van der Waals surface area contributed by atoms with Gasteiger partial charge in [-0.3, -0.25) is 5.43 Å². The fraction of sp³-hybridized carbons (Fsp3) is 0.700. The molecule has 1 aromatic rings. The van der Waals surface area contributed by atoms with Gasteiger partial charge in [-0.25, -0.2) is 5.43 Å². The van der Waals surface area contributed by atoms with Gasteiger partial charge in [0.2, 0.25) is 0 Å². The van der Waals surface area contributed by atoms with E-state index in [1.54, 1.807) is 0 Å². The van der Waals surface area contributed by atoms with E-state index in [1.807, 2.05) is 7.05 Å². The standard InChI is InChI=1S/C20H35N3O/c1-4-5-6-7-8-9-14-24-18-12-10-17(11-13-18)20-16(2)19(15-21-3)22-23-20/h10-13,16,19-23H,4-9,14-15H2,1-3H3. The molecule has 0 aromatic heterocycles. The zero-order valence-electron chi connectivity index (χ0n) is 15.6. The Kier molecular flexibility index (Phi) is 8.57. The van der Waals surface area contributed by atoms with E-state index in [0.29, 0.717) is 18.0 Å². The monoisotopic (exact) mass is 333 g/mol. The van der Waals surface area contributed by atoms with Crippen LogP contribution in [0.25, 0.3) is 0 Å². The van der Waals surface area contributed by atoms with E-state index >= 15 is 0 Å². The van der Waals surface area contributed by atoms with Crippen LogP contribution in [0.2, 0.25) is 0 Å². The number of hydrogen-bond acceptors (Lipinski definition) is 4. The average Bonchev–Trinajstić information content (AvgIpc) is 2.96. The van der Waals surface area contributed by atoms with Gasteiger partial charge < -0.3 is 10.1 Å². The van der Waals surface area contributed by atoms with Crippen LogP contribution < -0.4 is 20.9 Å². The third-order valence-corrected chi connectivity index (χ3v) is 5.01. The third-order valence-electron chi connectivity index (χ3n) is 5.01. The molecule has 1 aliphatic rings. The van der Waals surface area contributed by atoms with Crippen LogP contribution in [0.4, 0.5) is 0 Å². The van der Waals surface area contributed by atoms with Crippen LogP contribution in [0.1, 0.15) is 64.0 Å². The summed E-state index contributed by atoms with van der Waals surface area (Å²) >= 11 is 0. The zero-order chi connectivity index (χ0) is 17.2. The van der Waals surface area contributed by atoms with Gasteiger partial charge in [0.15, 0.2) is 0 Å². The number of rotatable bonds is 11. The quantitative estimate of drug-likeness (QED) is 0.539. The van der Waals surface area contributed by atoms with Gasteiger partial charge >= 0.3 is 0 Å². The van der Waals surface area contributed by atoms with E-state index in [2.05, 4.69) is 54.3 Å². The van der Waals surface area contributed by atoms with Crippen LogP contribution in [-0.4, -0.2) is 26.2 Å². The SMILES string of the molecule is CCCCCCCCOc1ccc(C2NNC(CNC)C2C)cc1. The van der Waals surface area contributed by atoms with Crippen molar-refractivity contribution in [3.8, 4) is 5.75 Å². The summed E-state index contributed by atoms with van der Waals surface area (Å²) in [5, 5.41) is 3.24. The lowest BCUT2D eigenvalue weighted by Crippen LogP contribution is -2.38. The van der Waals surface area contributed by atoms with Crippen molar-refractivity contribution in [2.24, 2.45) is 5.92 Å². The van der Waals surface area contributed by atoms with E-state index < -0.39 is 0 Å². The van der Waals surface area contributed by atoms with Gasteiger partial charge in [0.1, 0.15) is 5.75 Å². The fourth-order valence-corrected chi connectivity index (χ4v) is 3.38. The van der Waals surface area contributed by atoms with Crippen molar-refractivity contribution in [2.75, 3.05) is 20.2 Å². The van der Waals surface area contributed by atoms with Crippen LogP contribution in [-0.2, 0) is 0 Å². The van der Waals surface area contributed by atoms with Gasteiger partial charge in [-0.2, -0.15) is 0 Å². The van der Waals surface area contributed by atoms with E-state index in [-0.39, 0.29) is 0 Å². The maximum Gasteiger partial charge on any atom is 0.119 e. The van der Waals surface area contributed by atoms with Crippen molar-refractivity contribution in [1.82, 2.24) is 16.2 Å². The molecule has 0 radical (unpaired) electrons. The molecule has 136 valence electrons. The minimum absolute atomic E-state index is 0.357. The molecule has 3 N–H and O–H groups in total. The van der Waals surface area contributed by atoms with Crippen molar-refractivity contribution in [2.45, 2.75) is 64.5 Å². The molecule has 0 spiro atoms. The molecular weight excluding hydrogens is 298 g/mol. The van der Waals surface area contributed by atoms with Gasteiger partial charge in [-0.15, -0.1) is 0 Å². The normalized spacial score (nSPS) is 23.5. The summed E-state index contributed by atoms with van der Waals surface area (Å²) in [6.07, 6.45) is 7.80. The molecule has 0 saturated carbocycles. The molecule has 24 heavy (non-hydrogen) atoms. The average molecular weight is 334 g/mol. The second-order valence-electron chi connectivity index (χ2n) is 6.97. The Labute approximate surface area is 147 Å². The Hall–Kier alpha value is -1.10. The maximum atomic E-state index is 5.87. The van der Waals surface area contributed by atoms with Crippen molar-refractivity contribution < 1.29 is 4.74 Å². The molecule has 4 nitrogen and oxygen atoms in total. The molecule has 0 aliphatic carbocycles. The highest BCUT2D eigenvalue weighted by Gasteiger charge is 2.32. The number of ether oxygens (including phenoxy) is 1. The molecule has 3 unspecified atom stereocenters. The maximum absolute atomic E-state index is 5.87. The summed E-state index contributed by atoms with van der Waals surface area (Å²) in [5.74, 6) is 1.53. The molecule has 1 aliphatic heterocycles. The van der Waals surface area contributed by atoms with Crippen LogP contribution >= 0.6 is 0 Å².